The van der Waals surface area contributed by atoms with Crippen molar-refractivity contribution in [2.24, 2.45) is 0 Å². The number of nitriles is 1. The second-order valence-corrected chi connectivity index (χ2v) is 8.64. The highest BCUT2D eigenvalue weighted by Gasteiger charge is 2.18. The lowest BCUT2D eigenvalue weighted by molar-refractivity contribution is 0.0946. The zero-order valence-corrected chi connectivity index (χ0v) is 20.2. The van der Waals surface area contributed by atoms with Crippen molar-refractivity contribution in [2.45, 2.75) is 32.9 Å². The molecule has 0 radical (unpaired) electrons. The summed E-state index contributed by atoms with van der Waals surface area (Å²) in [5.74, 6) is 1.00. The number of carbonyl (C=O) groups is 1. The van der Waals surface area contributed by atoms with Crippen LogP contribution in [0.5, 0.6) is 0 Å². The minimum atomic E-state index is -0.341. The first-order valence-corrected chi connectivity index (χ1v) is 11.6. The Hall–Kier alpha value is -5.11. The van der Waals surface area contributed by atoms with Gasteiger partial charge in [-0.2, -0.15) is 20.0 Å². The van der Waals surface area contributed by atoms with Gasteiger partial charge in [-0.25, -0.2) is 9.97 Å². The average molecular weight is 494 g/mol. The summed E-state index contributed by atoms with van der Waals surface area (Å²) < 4.78 is 6.86. The molecule has 0 saturated heterocycles. The number of hydrogen-bond donors (Lipinski definition) is 2. The number of hydrogen-bond acceptors (Lipinski definition) is 9. The highest BCUT2D eigenvalue weighted by Crippen LogP contribution is 2.22. The van der Waals surface area contributed by atoms with Crippen molar-refractivity contribution in [3.63, 3.8) is 0 Å². The van der Waals surface area contributed by atoms with E-state index in [1.807, 2.05) is 44.2 Å². The zero-order valence-electron chi connectivity index (χ0n) is 20.2. The number of amides is 1. The molecule has 4 aromatic heterocycles. The quantitative estimate of drug-likeness (QED) is 0.332. The fourth-order valence-corrected chi connectivity index (χ4v) is 3.78. The van der Waals surface area contributed by atoms with Crippen molar-refractivity contribution in [1.82, 2.24) is 35.2 Å². The number of carbonyl (C=O) groups excluding carboxylic acids is 1. The number of aromatic nitrogens is 6. The van der Waals surface area contributed by atoms with E-state index in [1.165, 1.54) is 12.4 Å². The van der Waals surface area contributed by atoms with Gasteiger partial charge in [-0.3, -0.25) is 4.79 Å². The summed E-state index contributed by atoms with van der Waals surface area (Å²) in [6.07, 6.45) is 5.14. The summed E-state index contributed by atoms with van der Waals surface area (Å²) in [5.41, 5.74) is 3.02. The first-order valence-electron chi connectivity index (χ1n) is 11.6. The van der Waals surface area contributed by atoms with E-state index in [0.717, 1.165) is 5.56 Å². The number of benzene rings is 1. The van der Waals surface area contributed by atoms with Crippen LogP contribution in [0.3, 0.4) is 0 Å². The fraction of sp³-hybridized carbons (Fsp3) is 0.192. The van der Waals surface area contributed by atoms with Crippen molar-refractivity contribution in [3.05, 3.63) is 89.5 Å². The zero-order chi connectivity index (χ0) is 25.8. The van der Waals surface area contributed by atoms with Gasteiger partial charge < -0.3 is 15.2 Å². The van der Waals surface area contributed by atoms with Crippen molar-refractivity contribution >= 4 is 22.6 Å². The molecule has 37 heavy (non-hydrogen) atoms. The van der Waals surface area contributed by atoms with E-state index >= 15 is 0 Å². The summed E-state index contributed by atoms with van der Waals surface area (Å²) in [5, 5.41) is 24.3. The molecule has 0 saturated carbocycles. The van der Waals surface area contributed by atoms with E-state index in [1.54, 1.807) is 23.0 Å². The van der Waals surface area contributed by atoms with Gasteiger partial charge in [-0.05, 0) is 25.5 Å². The van der Waals surface area contributed by atoms with Crippen LogP contribution < -0.4 is 10.6 Å². The molecule has 11 heteroatoms. The van der Waals surface area contributed by atoms with Crippen LogP contribution in [0, 0.1) is 11.3 Å². The lowest BCUT2D eigenvalue weighted by Gasteiger charge is -2.15. The summed E-state index contributed by atoms with van der Waals surface area (Å²) >= 11 is 0. The molecule has 0 aliphatic carbocycles. The SMILES string of the molecule is CC(C)Nc1cc(-n2ncc3cc(C#N)cnc32)ncc1C(=O)NCc1nc(Cc2ccccc2)no1. The Morgan fingerprint density at radius 3 is 2.76 bits per heavy atom. The van der Waals surface area contributed by atoms with Gasteiger partial charge in [0.2, 0.25) is 5.89 Å². The molecule has 0 aliphatic rings. The minimum Gasteiger partial charge on any atom is -0.382 e. The molecule has 5 rings (SSSR count). The monoisotopic (exact) mass is 493 g/mol. The molecule has 2 N–H and O–H groups in total. The van der Waals surface area contributed by atoms with Crippen LogP contribution in [0.15, 0.2) is 65.6 Å². The number of anilines is 1. The van der Waals surface area contributed by atoms with Gasteiger partial charge in [0.15, 0.2) is 17.3 Å². The molecule has 4 heterocycles. The molecule has 1 aromatic carbocycles. The van der Waals surface area contributed by atoms with Crippen molar-refractivity contribution in [3.8, 4) is 11.9 Å². The van der Waals surface area contributed by atoms with Crippen LogP contribution in [-0.2, 0) is 13.0 Å². The average Bonchev–Trinajstić information content (AvgIpc) is 3.54. The minimum absolute atomic E-state index is 0.0592. The molecular formula is C26H23N9O2. The second-order valence-electron chi connectivity index (χ2n) is 8.64. The molecule has 0 atom stereocenters. The largest absolute Gasteiger partial charge is 0.382 e. The number of fused-ring (bicyclic) bond motifs is 1. The molecule has 11 nitrogen and oxygen atoms in total. The Labute approximate surface area is 212 Å². The number of nitrogens with one attached hydrogen (secondary N) is 2. The van der Waals surface area contributed by atoms with Gasteiger partial charge in [0.05, 0.1) is 29.6 Å². The summed E-state index contributed by atoms with van der Waals surface area (Å²) in [7, 11) is 0. The number of pyridine rings is 2. The van der Waals surface area contributed by atoms with Gasteiger partial charge >= 0.3 is 0 Å². The van der Waals surface area contributed by atoms with Gasteiger partial charge in [-0.15, -0.1) is 0 Å². The molecule has 0 spiro atoms. The first kappa shape index (κ1) is 23.6. The Balaban J connectivity index is 1.34. The summed E-state index contributed by atoms with van der Waals surface area (Å²) in [6, 6.07) is 15.4. The van der Waals surface area contributed by atoms with Crippen LogP contribution in [-0.4, -0.2) is 41.8 Å². The Bertz CT molecular complexity index is 1600. The topological polar surface area (TPSA) is 147 Å². The third kappa shape index (κ3) is 5.28. The number of nitrogens with zero attached hydrogens (tertiary/aromatic N) is 7. The fourth-order valence-electron chi connectivity index (χ4n) is 3.78. The van der Waals surface area contributed by atoms with Gasteiger partial charge in [-0.1, -0.05) is 35.5 Å². The van der Waals surface area contributed by atoms with E-state index in [-0.39, 0.29) is 18.5 Å². The number of rotatable bonds is 8. The van der Waals surface area contributed by atoms with Crippen LogP contribution in [0.2, 0.25) is 0 Å². The van der Waals surface area contributed by atoms with Crippen molar-refractivity contribution < 1.29 is 9.32 Å². The third-order valence-corrected chi connectivity index (χ3v) is 5.45. The highest BCUT2D eigenvalue weighted by molar-refractivity contribution is 5.99. The third-order valence-electron chi connectivity index (χ3n) is 5.45. The predicted octanol–water partition coefficient (Wildman–Crippen LogP) is 3.41. The normalized spacial score (nSPS) is 11.0. The van der Waals surface area contributed by atoms with E-state index < -0.39 is 0 Å². The Morgan fingerprint density at radius 2 is 1.97 bits per heavy atom. The smallest absolute Gasteiger partial charge is 0.255 e. The summed E-state index contributed by atoms with van der Waals surface area (Å²) in [6.45, 7) is 4.03. The molecule has 0 fully saturated rings. The van der Waals surface area contributed by atoms with E-state index in [2.05, 4.69) is 41.9 Å². The maximum Gasteiger partial charge on any atom is 0.255 e. The lowest BCUT2D eigenvalue weighted by atomic mass is 10.1. The molecule has 0 bridgehead atoms. The van der Waals surface area contributed by atoms with Crippen LogP contribution in [0.1, 0.15) is 47.0 Å². The van der Waals surface area contributed by atoms with Gasteiger partial charge in [0.1, 0.15) is 6.07 Å². The van der Waals surface area contributed by atoms with Crippen molar-refractivity contribution in [1.29, 1.82) is 5.26 Å². The van der Waals surface area contributed by atoms with E-state index in [0.29, 0.717) is 51.8 Å². The van der Waals surface area contributed by atoms with Crippen LogP contribution in [0.4, 0.5) is 5.69 Å². The maximum absolute atomic E-state index is 13.1. The molecule has 1 amide bonds. The van der Waals surface area contributed by atoms with E-state index in [4.69, 9.17) is 9.78 Å². The maximum atomic E-state index is 13.1. The molecule has 0 aliphatic heterocycles. The van der Waals surface area contributed by atoms with Crippen molar-refractivity contribution in [2.75, 3.05) is 5.32 Å². The lowest BCUT2D eigenvalue weighted by Crippen LogP contribution is -2.25. The van der Waals surface area contributed by atoms with Crippen LogP contribution in [0.25, 0.3) is 16.9 Å². The Kier molecular flexibility index (Phi) is 6.54. The predicted molar refractivity (Wildman–Crippen MR) is 135 cm³/mol. The molecule has 5 aromatic rings. The molecule has 0 unspecified atom stereocenters. The second kappa shape index (κ2) is 10.2. The molecular weight excluding hydrogens is 470 g/mol. The summed E-state index contributed by atoms with van der Waals surface area (Å²) in [4.78, 5) is 26.2. The van der Waals surface area contributed by atoms with Gasteiger partial charge in [0, 0.05) is 36.3 Å². The molecule has 184 valence electrons. The van der Waals surface area contributed by atoms with Gasteiger partial charge in [0.25, 0.3) is 5.91 Å². The first-order chi connectivity index (χ1) is 18.0. The Morgan fingerprint density at radius 1 is 1.14 bits per heavy atom. The standard InChI is InChI=1S/C26H23N9O2/c1-16(2)32-21-10-23(35-25-19(13-31-35)8-18(11-27)12-29-25)28-14-20(21)26(36)30-15-24-33-22(34-37-24)9-17-6-4-3-5-7-17/h3-8,10,12-14,16H,9,15H2,1-2H3,(H,28,32)(H,30,36). The van der Waals surface area contributed by atoms with E-state index in [9.17, 15) is 4.79 Å². The highest BCUT2D eigenvalue weighted by atomic mass is 16.5. The van der Waals surface area contributed by atoms with Crippen LogP contribution >= 0.6 is 0 Å².